The Morgan fingerprint density at radius 1 is 1.17 bits per heavy atom. The molecule has 0 saturated heterocycles. The fraction of sp³-hybridized carbons (Fsp3) is 0.381. The van der Waals surface area contributed by atoms with Crippen molar-refractivity contribution in [2.75, 3.05) is 12.4 Å². The van der Waals surface area contributed by atoms with Crippen molar-refractivity contribution in [3.63, 3.8) is 0 Å². The number of amides is 1. The Labute approximate surface area is 171 Å². The van der Waals surface area contributed by atoms with E-state index >= 15 is 0 Å². The van der Waals surface area contributed by atoms with Gasteiger partial charge in [0.05, 0.1) is 5.56 Å². The lowest BCUT2D eigenvalue weighted by atomic mass is 9.90. The minimum absolute atomic E-state index is 0.0534. The van der Waals surface area contributed by atoms with Gasteiger partial charge in [-0.15, -0.1) is 0 Å². The van der Waals surface area contributed by atoms with E-state index in [2.05, 4.69) is 15.3 Å². The van der Waals surface area contributed by atoms with Crippen molar-refractivity contribution in [3.8, 4) is 0 Å². The van der Waals surface area contributed by atoms with E-state index < -0.39 is 11.9 Å². The second-order valence-electron chi connectivity index (χ2n) is 7.57. The van der Waals surface area contributed by atoms with Crippen LogP contribution in [0, 0.1) is 0 Å². The van der Waals surface area contributed by atoms with E-state index in [0.29, 0.717) is 11.4 Å². The van der Waals surface area contributed by atoms with Crippen LogP contribution in [-0.4, -0.2) is 44.3 Å². The van der Waals surface area contributed by atoms with E-state index in [1.807, 2.05) is 0 Å². The Hall–Kier alpha value is -3.10. The van der Waals surface area contributed by atoms with Crippen molar-refractivity contribution < 1.29 is 18.0 Å². The monoisotopic (exact) mass is 417 g/mol. The van der Waals surface area contributed by atoms with Gasteiger partial charge in [0.1, 0.15) is 11.5 Å². The lowest BCUT2D eigenvalue weighted by molar-refractivity contribution is -0.140. The highest BCUT2D eigenvalue weighted by Gasteiger charge is 2.34. The second-order valence-corrected chi connectivity index (χ2v) is 7.57. The molecule has 0 bridgehead atoms. The van der Waals surface area contributed by atoms with Crippen molar-refractivity contribution >= 4 is 17.4 Å². The van der Waals surface area contributed by atoms with E-state index in [9.17, 15) is 18.0 Å². The molecule has 9 heteroatoms. The summed E-state index contributed by atoms with van der Waals surface area (Å²) >= 11 is 0. The lowest BCUT2D eigenvalue weighted by Gasteiger charge is -2.35. The maximum absolute atomic E-state index is 13.0. The van der Waals surface area contributed by atoms with Gasteiger partial charge in [-0.25, -0.2) is 4.98 Å². The van der Waals surface area contributed by atoms with Crippen LogP contribution >= 0.6 is 0 Å². The number of rotatable bonds is 4. The maximum Gasteiger partial charge on any atom is 0.434 e. The number of nitrogens with zero attached hydrogens (tertiary/aromatic N) is 4. The van der Waals surface area contributed by atoms with Crippen LogP contribution in [0.4, 0.5) is 19.0 Å². The van der Waals surface area contributed by atoms with Gasteiger partial charge in [-0.2, -0.15) is 13.2 Å². The van der Waals surface area contributed by atoms with Gasteiger partial charge in [0.25, 0.3) is 5.91 Å². The predicted molar refractivity (Wildman–Crippen MR) is 106 cm³/mol. The third-order valence-electron chi connectivity index (χ3n) is 5.61. The van der Waals surface area contributed by atoms with Gasteiger partial charge < -0.3 is 10.2 Å². The summed E-state index contributed by atoms with van der Waals surface area (Å²) in [5.41, 5.74) is -0.0914. The third-order valence-corrected chi connectivity index (χ3v) is 5.61. The molecule has 1 amide bonds. The lowest BCUT2D eigenvalue weighted by Crippen LogP contribution is -2.41. The molecule has 1 saturated carbocycles. The molecule has 158 valence electrons. The zero-order valence-corrected chi connectivity index (χ0v) is 16.4. The number of pyridine rings is 2. The Bertz CT molecular complexity index is 1030. The molecule has 1 aliphatic rings. The smallest absolute Gasteiger partial charge is 0.368 e. The number of alkyl halides is 3. The Morgan fingerprint density at radius 2 is 1.93 bits per heavy atom. The summed E-state index contributed by atoms with van der Waals surface area (Å²) in [7, 11) is 1.80. The van der Waals surface area contributed by atoms with Gasteiger partial charge in [0.15, 0.2) is 5.69 Å². The fourth-order valence-corrected chi connectivity index (χ4v) is 3.94. The number of aromatic nitrogens is 3. The van der Waals surface area contributed by atoms with Crippen molar-refractivity contribution in [2.24, 2.45) is 0 Å². The Kier molecular flexibility index (Phi) is 5.36. The summed E-state index contributed by atoms with van der Waals surface area (Å²) in [6, 6.07) is 8.72. The predicted octanol–water partition coefficient (Wildman–Crippen LogP) is 4.24. The van der Waals surface area contributed by atoms with Gasteiger partial charge in [0.2, 0.25) is 0 Å². The third kappa shape index (κ3) is 4.10. The largest absolute Gasteiger partial charge is 0.434 e. The van der Waals surface area contributed by atoms with Crippen LogP contribution in [0.25, 0.3) is 5.65 Å². The average molecular weight is 417 g/mol. The molecule has 3 aromatic heterocycles. The highest BCUT2D eigenvalue weighted by molar-refractivity contribution is 5.93. The Morgan fingerprint density at radius 3 is 2.60 bits per heavy atom. The molecule has 3 heterocycles. The standard InChI is InChI=1S/C21H22F3N5O/c1-28(20(30)14-4-3-11-25-12-14)16-9-7-15(8-10-16)26-18-5-2-6-19-27-17(13-29(18)19)21(22,23)24/h2-6,11-13,15-16,26H,7-10H2,1H3. The van der Waals surface area contributed by atoms with E-state index in [0.717, 1.165) is 31.9 Å². The van der Waals surface area contributed by atoms with Gasteiger partial charge in [0, 0.05) is 37.7 Å². The molecule has 1 N–H and O–H groups in total. The summed E-state index contributed by atoms with van der Waals surface area (Å²) in [5, 5.41) is 3.35. The number of nitrogens with one attached hydrogen (secondary N) is 1. The van der Waals surface area contributed by atoms with E-state index in [4.69, 9.17) is 0 Å². The maximum atomic E-state index is 13.0. The first-order chi connectivity index (χ1) is 14.3. The molecule has 6 nitrogen and oxygen atoms in total. The molecule has 1 aliphatic carbocycles. The van der Waals surface area contributed by atoms with Crippen LogP contribution in [0.1, 0.15) is 41.7 Å². The van der Waals surface area contributed by atoms with Crippen LogP contribution in [-0.2, 0) is 6.18 Å². The summed E-state index contributed by atoms with van der Waals surface area (Å²) < 4.78 is 40.4. The molecule has 3 aromatic rings. The first kappa shape index (κ1) is 20.2. The zero-order chi connectivity index (χ0) is 21.3. The summed E-state index contributed by atoms with van der Waals surface area (Å²) in [4.78, 5) is 22.0. The SMILES string of the molecule is CN(C(=O)c1cccnc1)C1CCC(Nc2cccc3nc(C(F)(F)F)cn23)CC1. The average Bonchev–Trinajstić information content (AvgIpc) is 3.20. The number of hydrogen-bond donors (Lipinski definition) is 1. The van der Waals surface area contributed by atoms with Gasteiger partial charge in [-0.05, 0) is 49.9 Å². The molecule has 0 spiro atoms. The second kappa shape index (κ2) is 7.97. The molecular weight excluding hydrogens is 395 g/mol. The van der Waals surface area contributed by atoms with Gasteiger partial charge >= 0.3 is 6.18 Å². The molecule has 0 radical (unpaired) electrons. The number of carbonyl (C=O) groups excluding carboxylic acids is 1. The van der Waals surface area contributed by atoms with Crippen LogP contribution in [0.2, 0.25) is 0 Å². The quantitative estimate of drug-likeness (QED) is 0.690. The number of anilines is 1. The minimum atomic E-state index is -4.48. The fourth-order valence-electron chi connectivity index (χ4n) is 3.94. The first-order valence-electron chi connectivity index (χ1n) is 9.82. The van der Waals surface area contributed by atoms with E-state index in [1.165, 1.54) is 4.40 Å². The van der Waals surface area contributed by atoms with Crippen LogP contribution < -0.4 is 5.32 Å². The van der Waals surface area contributed by atoms with Crippen LogP contribution in [0.15, 0.2) is 48.9 Å². The summed E-state index contributed by atoms with van der Waals surface area (Å²) in [6.45, 7) is 0. The van der Waals surface area contributed by atoms with E-state index in [-0.39, 0.29) is 23.6 Å². The summed E-state index contributed by atoms with van der Waals surface area (Å²) in [6.07, 6.45) is 2.98. The molecule has 0 aromatic carbocycles. The number of imidazole rings is 1. The number of fused-ring (bicyclic) bond motifs is 1. The molecule has 0 atom stereocenters. The van der Waals surface area contributed by atoms with Gasteiger partial charge in [-0.3, -0.25) is 14.2 Å². The Balaban J connectivity index is 1.40. The topological polar surface area (TPSA) is 62.5 Å². The van der Waals surface area contributed by atoms with Crippen molar-refractivity contribution in [1.82, 2.24) is 19.3 Å². The molecule has 4 rings (SSSR count). The van der Waals surface area contributed by atoms with Crippen LogP contribution in [0.3, 0.4) is 0 Å². The van der Waals surface area contributed by atoms with E-state index in [1.54, 1.807) is 54.7 Å². The molecule has 0 aliphatic heterocycles. The van der Waals surface area contributed by atoms with Crippen molar-refractivity contribution in [3.05, 3.63) is 60.2 Å². The van der Waals surface area contributed by atoms with Crippen molar-refractivity contribution in [2.45, 2.75) is 43.9 Å². The number of carbonyl (C=O) groups is 1. The van der Waals surface area contributed by atoms with Gasteiger partial charge in [-0.1, -0.05) is 6.07 Å². The zero-order valence-electron chi connectivity index (χ0n) is 16.4. The minimum Gasteiger partial charge on any atom is -0.368 e. The highest BCUT2D eigenvalue weighted by atomic mass is 19.4. The first-order valence-corrected chi connectivity index (χ1v) is 9.82. The van der Waals surface area contributed by atoms with Crippen LogP contribution in [0.5, 0.6) is 0 Å². The molecule has 30 heavy (non-hydrogen) atoms. The van der Waals surface area contributed by atoms with Crippen molar-refractivity contribution in [1.29, 1.82) is 0 Å². The molecular formula is C21H22F3N5O. The molecule has 1 fully saturated rings. The highest BCUT2D eigenvalue weighted by Crippen LogP contribution is 2.30. The normalized spacial score (nSPS) is 19.6. The number of halogens is 3. The molecule has 0 unspecified atom stereocenters. The number of hydrogen-bond acceptors (Lipinski definition) is 4. The summed E-state index contributed by atoms with van der Waals surface area (Å²) in [5.74, 6) is 0.529.